The van der Waals surface area contributed by atoms with E-state index in [2.05, 4.69) is 15.2 Å². The van der Waals surface area contributed by atoms with Crippen molar-refractivity contribution in [2.45, 2.75) is 13.1 Å². The number of amides is 1. The molecular formula is C21H20ClN3O2. The number of benzene rings is 2. The first-order valence-electron chi connectivity index (χ1n) is 8.48. The van der Waals surface area contributed by atoms with Crippen molar-refractivity contribution in [3.05, 3.63) is 88.6 Å². The third kappa shape index (κ3) is 5.29. The SMILES string of the molecule is CN(Cc1ccc(C(=O)Nc2ncccc2O)cc1)Cc1cccc(Cl)c1. The Hall–Kier alpha value is -2.89. The van der Waals surface area contributed by atoms with Gasteiger partial charge in [-0.25, -0.2) is 4.98 Å². The van der Waals surface area contributed by atoms with E-state index in [1.54, 1.807) is 18.2 Å². The number of nitrogens with zero attached hydrogens (tertiary/aromatic N) is 2. The van der Waals surface area contributed by atoms with Crippen LogP contribution in [0.5, 0.6) is 5.75 Å². The molecule has 2 aromatic carbocycles. The highest BCUT2D eigenvalue weighted by atomic mass is 35.5. The van der Waals surface area contributed by atoms with Crippen molar-refractivity contribution in [3.8, 4) is 5.75 Å². The van der Waals surface area contributed by atoms with Crippen LogP contribution in [-0.2, 0) is 13.1 Å². The third-order valence-corrected chi connectivity index (χ3v) is 4.26. The van der Waals surface area contributed by atoms with E-state index in [1.807, 2.05) is 43.4 Å². The van der Waals surface area contributed by atoms with Crippen molar-refractivity contribution in [1.82, 2.24) is 9.88 Å². The van der Waals surface area contributed by atoms with Gasteiger partial charge in [0, 0.05) is 29.9 Å². The molecule has 1 aromatic heterocycles. The molecule has 0 radical (unpaired) electrons. The first-order chi connectivity index (χ1) is 13.0. The van der Waals surface area contributed by atoms with Gasteiger partial charge in [-0.1, -0.05) is 35.9 Å². The lowest BCUT2D eigenvalue weighted by molar-refractivity contribution is 0.102. The summed E-state index contributed by atoms with van der Waals surface area (Å²) < 4.78 is 0. The molecule has 1 amide bonds. The second kappa shape index (κ2) is 8.66. The highest BCUT2D eigenvalue weighted by Crippen LogP contribution is 2.19. The zero-order valence-electron chi connectivity index (χ0n) is 14.9. The minimum absolute atomic E-state index is 0.0647. The van der Waals surface area contributed by atoms with Crippen LogP contribution in [0.25, 0.3) is 0 Å². The van der Waals surface area contributed by atoms with E-state index < -0.39 is 0 Å². The van der Waals surface area contributed by atoms with Crippen LogP contribution in [0.4, 0.5) is 5.82 Å². The highest BCUT2D eigenvalue weighted by molar-refractivity contribution is 6.30. The van der Waals surface area contributed by atoms with Crippen molar-refractivity contribution in [3.63, 3.8) is 0 Å². The summed E-state index contributed by atoms with van der Waals surface area (Å²) in [5, 5.41) is 13.0. The summed E-state index contributed by atoms with van der Waals surface area (Å²) in [6.45, 7) is 1.52. The molecule has 0 spiro atoms. The van der Waals surface area contributed by atoms with Gasteiger partial charge in [0.25, 0.3) is 5.91 Å². The standard InChI is InChI=1S/C21H20ClN3O2/c1-25(14-16-4-2-5-18(22)12-16)13-15-7-9-17(10-8-15)21(27)24-20-19(26)6-3-11-23-20/h2-12,26H,13-14H2,1H3,(H,23,24,27). The Morgan fingerprint density at radius 2 is 1.81 bits per heavy atom. The lowest BCUT2D eigenvalue weighted by Crippen LogP contribution is -2.17. The summed E-state index contributed by atoms with van der Waals surface area (Å²) in [6.07, 6.45) is 1.51. The summed E-state index contributed by atoms with van der Waals surface area (Å²) >= 11 is 6.03. The van der Waals surface area contributed by atoms with Gasteiger partial charge in [-0.2, -0.15) is 0 Å². The fourth-order valence-corrected chi connectivity index (χ4v) is 2.96. The molecule has 0 atom stereocenters. The largest absolute Gasteiger partial charge is 0.504 e. The first kappa shape index (κ1) is 18.9. The molecule has 0 aliphatic heterocycles. The number of aromatic nitrogens is 1. The van der Waals surface area contributed by atoms with Crippen LogP contribution in [0.15, 0.2) is 66.9 Å². The molecule has 0 aliphatic rings. The zero-order valence-corrected chi connectivity index (χ0v) is 15.6. The van der Waals surface area contributed by atoms with Crippen LogP contribution in [0.3, 0.4) is 0 Å². The van der Waals surface area contributed by atoms with E-state index in [0.29, 0.717) is 5.56 Å². The number of halogens is 1. The Kier molecular flexibility index (Phi) is 6.06. The van der Waals surface area contributed by atoms with Gasteiger partial charge in [0.15, 0.2) is 11.6 Å². The van der Waals surface area contributed by atoms with Gasteiger partial charge in [-0.05, 0) is 54.6 Å². The van der Waals surface area contributed by atoms with Crippen LogP contribution in [0, 0.1) is 0 Å². The van der Waals surface area contributed by atoms with Gasteiger partial charge in [-0.3, -0.25) is 9.69 Å². The minimum Gasteiger partial charge on any atom is -0.504 e. The Labute approximate surface area is 163 Å². The Morgan fingerprint density at radius 1 is 1.07 bits per heavy atom. The number of anilines is 1. The predicted octanol–water partition coefficient (Wildman–Crippen LogP) is 4.32. The maximum atomic E-state index is 12.3. The van der Waals surface area contributed by atoms with Gasteiger partial charge in [0.2, 0.25) is 0 Å². The van der Waals surface area contributed by atoms with Crippen molar-refractivity contribution in [1.29, 1.82) is 0 Å². The van der Waals surface area contributed by atoms with Crippen LogP contribution < -0.4 is 5.32 Å². The number of hydrogen-bond acceptors (Lipinski definition) is 4. The van der Waals surface area contributed by atoms with Crippen molar-refractivity contribution in [2.24, 2.45) is 0 Å². The number of pyridine rings is 1. The molecule has 3 rings (SSSR count). The molecule has 0 saturated heterocycles. The van der Waals surface area contributed by atoms with Crippen molar-refractivity contribution in [2.75, 3.05) is 12.4 Å². The quantitative estimate of drug-likeness (QED) is 0.667. The fraction of sp³-hybridized carbons (Fsp3) is 0.143. The maximum Gasteiger partial charge on any atom is 0.256 e. The van der Waals surface area contributed by atoms with Crippen LogP contribution >= 0.6 is 11.6 Å². The molecule has 1 heterocycles. The van der Waals surface area contributed by atoms with E-state index in [9.17, 15) is 9.90 Å². The summed E-state index contributed by atoms with van der Waals surface area (Å²) in [5.41, 5.74) is 2.74. The van der Waals surface area contributed by atoms with E-state index in [1.165, 1.54) is 12.3 Å². The van der Waals surface area contributed by atoms with Gasteiger partial charge >= 0.3 is 0 Å². The van der Waals surface area contributed by atoms with Crippen LogP contribution in [-0.4, -0.2) is 27.9 Å². The molecule has 27 heavy (non-hydrogen) atoms. The summed E-state index contributed by atoms with van der Waals surface area (Å²) in [6, 6.07) is 18.2. The number of hydrogen-bond donors (Lipinski definition) is 2. The van der Waals surface area contributed by atoms with Crippen molar-refractivity contribution < 1.29 is 9.90 Å². The Morgan fingerprint density at radius 3 is 2.52 bits per heavy atom. The van der Waals surface area contributed by atoms with Crippen LogP contribution in [0.1, 0.15) is 21.5 Å². The normalized spacial score (nSPS) is 10.8. The third-order valence-electron chi connectivity index (χ3n) is 4.03. The second-order valence-electron chi connectivity index (χ2n) is 6.32. The number of carbonyl (C=O) groups excluding carboxylic acids is 1. The highest BCUT2D eigenvalue weighted by Gasteiger charge is 2.10. The molecule has 2 N–H and O–H groups in total. The fourth-order valence-electron chi connectivity index (χ4n) is 2.75. The monoisotopic (exact) mass is 381 g/mol. The molecule has 6 heteroatoms. The average molecular weight is 382 g/mol. The van der Waals surface area contributed by atoms with Crippen molar-refractivity contribution >= 4 is 23.3 Å². The molecular weight excluding hydrogens is 362 g/mol. The van der Waals surface area contributed by atoms with E-state index >= 15 is 0 Å². The number of rotatable bonds is 6. The molecule has 0 bridgehead atoms. The van der Waals surface area contributed by atoms with E-state index in [0.717, 1.165) is 29.2 Å². The summed E-state index contributed by atoms with van der Waals surface area (Å²) in [7, 11) is 2.03. The second-order valence-corrected chi connectivity index (χ2v) is 6.76. The molecule has 0 unspecified atom stereocenters. The Bertz CT molecular complexity index is 929. The molecule has 138 valence electrons. The molecule has 5 nitrogen and oxygen atoms in total. The summed E-state index contributed by atoms with van der Waals surface area (Å²) in [4.78, 5) is 18.4. The minimum atomic E-state index is -0.317. The van der Waals surface area contributed by atoms with E-state index in [4.69, 9.17) is 11.6 Å². The maximum absolute atomic E-state index is 12.3. The molecule has 0 fully saturated rings. The van der Waals surface area contributed by atoms with Crippen LogP contribution in [0.2, 0.25) is 5.02 Å². The molecule has 3 aromatic rings. The Balaban J connectivity index is 1.59. The number of aromatic hydroxyl groups is 1. The van der Waals surface area contributed by atoms with Gasteiger partial charge in [-0.15, -0.1) is 0 Å². The topological polar surface area (TPSA) is 65.5 Å². The average Bonchev–Trinajstić information content (AvgIpc) is 2.64. The zero-order chi connectivity index (χ0) is 19.2. The van der Waals surface area contributed by atoms with Gasteiger partial charge in [0.05, 0.1) is 0 Å². The van der Waals surface area contributed by atoms with Gasteiger partial charge < -0.3 is 10.4 Å². The smallest absolute Gasteiger partial charge is 0.256 e. The predicted molar refractivity (Wildman–Crippen MR) is 107 cm³/mol. The molecule has 0 aliphatic carbocycles. The van der Waals surface area contributed by atoms with E-state index in [-0.39, 0.29) is 17.5 Å². The number of carbonyl (C=O) groups is 1. The molecule has 0 saturated carbocycles. The lowest BCUT2D eigenvalue weighted by atomic mass is 10.1. The van der Waals surface area contributed by atoms with Gasteiger partial charge in [0.1, 0.15) is 0 Å². The first-order valence-corrected chi connectivity index (χ1v) is 8.86. The summed E-state index contributed by atoms with van der Waals surface area (Å²) in [5.74, 6) is -0.235. The number of nitrogens with one attached hydrogen (secondary N) is 1. The lowest BCUT2D eigenvalue weighted by Gasteiger charge is -2.17.